The van der Waals surface area contributed by atoms with Gasteiger partial charge in [-0.3, -0.25) is 4.79 Å². The number of anilines is 1. The summed E-state index contributed by atoms with van der Waals surface area (Å²) < 4.78 is 6.25. The molecule has 0 radical (unpaired) electrons. The minimum Gasteiger partial charge on any atom is -0.480 e. The van der Waals surface area contributed by atoms with Gasteiger partial charge in [0.1, 0.15) is 24.0 Å². The van der Waals surface area contributed by atoms with Gasteiger partial charge in [-0.25, -0.2) is 0 Å². The summed E-state index contributed by atoms with van der Waals surface area (Å²) in [4.78, 5) is 12.3. The standard InChI is InChI=1S/C20H15IN2O2/c1-3-9-25-19-8-7-15(12-18(19)21)11-16(13-22)20(24)23-17-6-4-5-14(2)10-17/h1,4-8,10-12H,9H2,2H3,(H,23,24)/b16-11-. The van der Waals surface area contributed by atoms with Gasteiger partial charge in [0.25, 0.3) is 5.91 Å². The minimum absolute atomic E-state index is 0.0228. The van der Waals surface area contributed by atoms with E-state index in [9.17, 15) is 10.1 Å². The van der Waals surface area contributed by atoms with Crippen molar-refractivity contribution in [2.45, 2.75) is 6.92 Å². The number of hydrogen-bond acceptors (Lipinski definition) is 3. The van der Waals surface area contributed by atoms with Crippen LogP contribution in [0.4, 0.5) is 5.69 Å². The maximum atomic E-state index is 12.3. The van der Waals surface area contributed by atoms with E-state index in [0.29, 0.717) is 11.4 Å². The number of nitrogens with zero attached hydrogens (tertiary/aromatic N) is 1. The molecule has 2 rings (SSSR count). The van der Waals surface area contributed by atoms with Crippen LogP contribution in [0.2, 0.25) is 0 Å². The molecule has 0 heterocycles. The molecule has 0 unspecified atom stereocenters. The molecule has 0 saturated heterocycles. The predicted molar refractivity (Wildman–Crippen MR) is 107 cm³/mol. The van der Waals surface area contributed by atoms with Crippen LogP contribution in [0.5, 0.6) is 5.75 Å². The SMILES string of the molecule is C#CCOc1ccc(/C=C(/C#N)C(=O)Nc2cccc(C)c2)cc1I. The van der Waals surface area contributed by atoms with Crippen LogP contribution in [0.25, 0.3) is 6.08 Å². The summed E-state index contributed by atoms with van der Waals surface area (Å²) in [6.45, 7) is 2.12. The van der Waals surface area contributed by atoms with Crippen molar-refractivity contribution >= 4 is 40.3 Å². The zero-order valence-corrected chi connectivity index (χ0v) is 15.7. The van der Waals surface area contributed by atoms with E-state index in [2.05, 4.69) is 33.8 Å². The molecule has 2 aromatic rings. The van der Waals surface area contributed by atoms with Crippen molar-refractivity contribution in [1.29, 1.82) is 5.26 Å². The monoisotopic (exact) mass is 442 g/mol. The number of rotatable bonds is 5. The van der Waals surface area contributed by atoms with Gasteiger partial charge in [0, 0.05) is 5.69 Å². The lowest BCUT2D eigenvalue weighted by Crippen LogP contribution is -2.13. The number of halogens is 1. The normalized spacial score (nSPS) is 10.5. The number of nitriles is 1. The summed E-state index contributed by atoms with van der Waals surface area (Å²) in [6.07, 6.45) is 6.72. The second kappa shape index (κ2) is 8.91. The Morgan fingerprint density at radius 3 is 2.80 bits per heavy atom. The minimum atomic E-state index is -0.448. The molecule has 25 heavy (non-hydrogen) atoms. The molecule has 1 N–H and O–H groups in total. The third-order valence-electron chi connectivity index (χ3n) is 3.22. The van der Waals surface area contributed by atoms with Crippen molar-refractivity contribution < 1.29 is 9.53 Å². The lowest BCUT2D eigenvalue weighted by molar-refractivity contribution is -0.112. The highest BCUT2D eigenvalue weighted by atomic mass is 127. The van der Waals surface area contributed by atoms with Crippen LogP contribution in [0.3, 0.4) is 0 Å². The van der Waals surface area contributed by atoms with Gasteiger partial charge in [-0.15, -0.1) is 6.42 Å². The number of amides is 1. The van der Waals surface area contributed by atoms with E-state index in [1.165, 1.54) is 6.08 Å². The Hall–Kier alpha value is -2.77. The fraction of sp³-hybridized carbons (Fsp3) is 0.100. The first kappa shape index (κ1) is 18.6. The first-order valence-electron chi connectivity index (χ1n) is 7.39. The van der Waals surface area contributed by atoms with Crippen LogP contribution in [-0.4, -0.2) is 12.5 Å². The highest BCUT2D eigenvalue weighted by molar-refractivity contribution is 14.1. The number of carbonyl (C=O) groups excluding carboxylic acids is 1. The Balaban J connectivity index is 2.19. The average molecular weight is 442 g/mol. The Kier molecular flexibility index (Phi) is 6.62. The fourth-order valence-corrected chi connectivity index (χ4v) is 2.77. The van der Waals surface area contributed by atoms with Crippen LogP contribution in [0.15, 0.2) is 48.0 Å². The topological polar surface area (TPSA) is 62.1 Å². The van der Waals surface area contributed by atoms with Gasteiger partial charge in [-0.2, -0.15) is 5.26 Å². The second-order valence-electron chi connectivity index (χ2n) is 5.18. The Bertz CT molecular complexity index is 905. The Morgan fingerprint density at radius 1 is 1.36 bits per heavy atom. The first-order valence-corrected chi connectivity index (χ1v) is 8.47. The van der Waals surface area contributed by atoms with E-state index in [-0.39, 0.29) is 12.2 Å². The molecule has 4 nitrogen and oxygen atoms in total. The molecule has 0 saturated carbocycles. The zero-order chi connectivity index (χ0) is 18.2. The summed E-state index contributed by atoms with van der Waals surface area (Å²) in [6, 6.07) is 14.7. The van der Waals surface area contributed by atoms with E-state index in [4.69, 9.17) is 11.2 Å². The molecule has 1 amide bonds. The molecular weight excluding hydrogens is 427 g/mol. The van der Waals surface area contributed by atoms with Gasteiger partial charge in [0.2, 0.25) is 0 Å². The molecule has 2 aromatic carbocycles. The van der Waals surface area contributed by atoms with Crippen molar-refractivity contribution in [3.8, 4) is 24.2 Å². The smallest absolute Gasteiger partial charge is 0.266 e. The van der Waals surface area contributed by atoms with Gasteiger partial charge >= 0.3 is 0 Å². The van der Waals surface area contributed by atoms with Gasteiger partial charge in [0.15, 0.2) is 0 Å². The molecule has 124 valence electrons. The molecule has 0 aliphatic rings. The number of terminal acetylenes is 1. The molecule has 5 heteroatoms. The number of benzene rings is 2. The quantitative estimate of drug-likeness (QED) is 0.328. The Labute approximate surface area is 160 Å². The molecule has 0 fully saturated rings. The van der Waals surface area contributed by atoms with Gasteiger partial charge in [0.05, 0.1) is 3.57 Å². The average Bonchev–Trinajstić information content (AvgIpc) is 2.58. The molecule has 0 bridgehead atoms. The molecule has 0 aromatic heterocycles. The molecule has 0 atom stereocenters. The maximum Gasteiger partial charge on any atom is 0.266 e. The molecule has 0 aliphatic heterocycles. The van der Waals surface area contributed by atoms with Crippen molar-refractivity contribution in [2.75, 3.05) is 11.9 Å². The fourth-order valence-electron chi connectivity index (χ4n) is 2.08. The van der Waals surface area contributed by atoms with Crippen LogP contribution >= 0.6 is 22.6 Å². The highest BCUT2D eigenvalue weighted by Crippen LogP contribution is 2.23. The van der Waals surface area contributed by atoms with Gasteiger partial charge < -0.3 is 10.1 Å². The maximum absolute atomic E-state index is 12.3. The van der Waals surface area contributed by atoms with E-state index in [0.717, 1.165) is 14.7 Å². The van der Waals surface area contributed by atoms with E-state index >= 15 is 0 Å². The van der Waals surface area contributed by atoms with Crippen LogP contribution in [0, 0.1) is 34.2 Å². The van der Waals surface area contributed by atoms with E-state index in [1.807, 2.05) is 37.3 Å². The van der Waals surface area contributed by atoms with Gasteiger partial charge in [-0.05, 0) is 71.0 Å². The number of hydrogen-bond donors (Lipinski definition) is 1. The van der Waals surface area contributed by atoms with E-state index < -0.39 is 5.91 Å². The van der Waals surface area contributed by atoms with Crippen molar-refractivity contribution in [2.24, 2.45) is 0 Å². The third-order valence-corrected chi connectivity index (χ3v) is 4.06. The summed E-state index contributed by atoms with van der Waals surface area (Å²) >= 11 is 2.12. The summed E-state index contributed by atoms with van der Waals surface area (Å²) in [5.41, 5.74) is 2.43. The number of ether oxygens (including phenoxy) is 1. The Morgan fingerprint density at radius 2 is 2.16 bits per heavy atom. The molecule has 0 spiro atoms. The summed E-state index contributed by atoms with van der Waals surface area (Å²) in [5.74, 6) is 2.62. The van der Waals surface area contributed by atoms with E-state index in [1.54, 1.807) is 18.2 Å². The first-order chi connectivity index (χ1) is 12.0. The predicted octanol–water partition coefficient (Wildman–Crippen LogP) is 4.16. The lowest BCUT2D eigenvalue weighted by atomic mass is 10.1. The van der Waals surface area contributed by atoms with Gasteiger partial charge in [-0.1, -0.05) is 24.1 Å². The van der Waals surface area contributed by atoms with Crippen molar-refractivity contribution in [3.63, 3.8) is 0 Å². The molecular formula is C20H15IN2O2. The highest BCUT2D eigenvalue weighted by Gasteiger charge is 2.10. The largest absolute Gasteiger partial charge is 0.480 e. The zero-order valence-electron chi connectivity index (χ0n) is 13.5. The summed E-state index contributed by atoms with van der Waals surface area (Å²) in [7, 11) is 0. The molecule has 0 aliphatic carbocycles. The van der Waals surface area contributed by atoms with Crippen LogP contribution in [0.1, 0.15) is 11.1 Å². The van der Waals surface area contributed by atoms with Crippen LogP contribution in [-0.2, 0) is 4.79 Å². The number of aryl methyl sites for hydroxylation is 1. The van der Waals surface area contributed by atoms with Crippen molar-refractivity contribution in [1.82, 2.24) is 0 Å². The van der Waals surface area contributed by atoms with Crippen molar-refractivity contribution in [3.05, 3.63) is 62.7 Å². The lowest BCUT2D eigenvalue weighted by Gasteiger charge is -2.07. The van der Waals surface area contributed by atoms with Crippen LogP contribution < -0.4 is 10.1 Å². The summed E-state index contributed by atoms with van der Waals surface area (Å²) in [5, 5.41) is 12.0. The number of carbonyl (C=O) groups is 1. The second-order valence-corrected chi connectivity index (χ2v) is 6.34. The number of nitrogens with one attached hydrogen (secondary N) is 1. The third kappa shape index (κ3) is 5.37.